The molecule has 154 valence electrons. The minimum absolute atomic E-state index is 0.0476. The average molecular weight is 377 g/mol. The molecule has 1 N–H and O–H groups in total. The van der Waals surface area contributed by atoms with Crippen LogP contribution in [0.15, 0.2) is 0 Å². The van der Waals surface area contributed by atoms with E-state index in [2.05, 4.69) is 13.8 Å². The first kappa shape index (κ1) is 18.9. The number of ether oxygens (including phenoxy) is 2. The van der Waals surface area contributed by atoms with E-state index in [1.807, 2.05) is 0 Å². The maximum absolute atomic E-state index is 10.6. The fourth-order valence-corrected chi connectivity index (χ4v) is 8.35. The van der Waals surface area contributed by atoms with Gasteiger partial charge in [-0.05, 0) is 112 Å². The minimum atomic E-state index is -0.0476. The molecule has 1 heterocycles. The molecule has 0 aromatic rings. The van der Waals surface area contributed by atoms with Crippen LogP contribution in [0.3, 0.4) is 0 Å². The molecule has 5 fully saturated rings. The van der Waals surface area contributed by atoms with Crippen LogP contribution in [-0.2, 0) is 9.47 Å². The van der Waals surface area contributed by atoms with Gasteiger partial charge in [-0.2, -0.15) is 0 Å². The lowest BCUT2D eigenvalue weighted by molar-refractivity contribution is -0.212. The third-order valence-electron chi connectivity index (χ3n) is 10.0. The number of aliphatic hydroxyl groups excluding tert-OH is 1. The molecule has 0 bridgehead atoms. The van der Waals surface area contributed by atoms with Crippen molar-refractivity contribution in [3.63, 3.8) is 0 Å². The molecule has 0 amide bonds. The van der Waals surface area contributed by atoms with Gasteiger partial charge in [0, 0.05) is 6.61 Å². The monoisotopic (exact) mass is 376 g/mol. The number of aliphatic hydroxyl groups is 1. The van der Waals surface area contributed by atoms with Crippen molar-refractivity contribution in [3.8, 4) is 0 Å². The fourth-order valence-electron chi connectivity index (χ4n) is 8.35. The largest absolute Gasteiger partial charge is 0.393 e. The quantitative estimate of drug-likeness (QED) is 0.665. The molecule has 0 spiro atoms. The third kappa shape index (κ3) is 3.02. The molecule has 27 heavy (non-hydrogen) atoms. The van der Waals surface area contributed by atoms with Crippen molar-refractivity contribution in [2.75, 3.05) is 6.61 Å². The predicted molar refractivity (Wildman–Crippen MR) is 106 cm³/mol. The first-order chi connectivity index (χ1) is 13.0. The smallest absolute Gasteiger partial charge is 0.157 e. The second-order valence-electron chi connectivity index (χ2n) is 11.1. The van der Waals surface area contributed by atoms with E-state index >= 15 is 0 Å². The maximum atomic E-state index is 10.6. The molecule has 4 saturated carbocycles. The Bertz CT molecular complexity index is 544. The molecular weight excluding hydrogens is 336 g/mol. The van der Waals surface area contributed by atoms with Gasteiger partial charge in [0.1, 0.15) is 0 Å². The van der Waals surface area contributed by atoms with Crippen LogP contribution in [0.5, 0.6) is 0 Å². The lowest BCUT2D eigenvalue weighted by Gasteiger charge is -2.61. The zero-order chi connectivity index (χ0) is 18.6. The molecule has 4 aliphatic carbocycles. The van der Waals surface area contributed by atoms with E-state index in [-0.39, 0.29) is 17.8 Å². The summed E-state index contributed by atoms with van der Waals surface area (Å²) >= 11 is 0. The second-order valence-corrected chi connectivity index (χ2v) is 11.1. The molecule has 5 rings (SSSR count). The summed E-state index contributed by atoms with van der Waals surface area (Å²) < 4.78 is 12.3. The van der Waals surface area contributed by atoms with Gasteiger partial charge < -0.3 is 14.6 Å². The van der Waals surface area contributed by atoms with E-state index in [1.54, 1.807) is 0 Å². The average Bonchev–Trinajstić information content (AvgIpc) is 2.98. The Balaban J connectivity index is 1.27. The topological polar surface area (TPSA) is 38.7 Å². The first-order valence-corrected chi connectivity index (χ1v) is 12.0. The van der Waals surface area contributed by atoms with Gasteiger partial charge in [-0.1, -0.05) is 13.8 Å². The van der Waals surface area contributed by atoms with Crippen LogP contribution in [0.2, 0.25) is 0 Å². The van der Waals surface area contributed by atoms with Gasteiger partial charge in [0.25, 0.3) is 0 Å². The van der Waals surface area contributed by atoms with Crippen molar-refractivity contribution in [3.05, 3.63) is 0 Å². The molecule has 0 aromatic heterocycles. The molecule has 3 heteroatoms. The Morgan fingerprint density at radius 2 is 1.67 bits per heavy atom. The number of hydrogen-bond donors (Lipinski definition) is 1. The zero-order valence-electron chi connectivity index (χ0n) is 17.5. The van der Waals surface area contributed by atoms with Gasteiger partial charge >= 0.3 is 0 Å². The van der Waals surface area contributed by atoms with Gasteiger partial charge in [0.2, 0.25) is 0 Å². The Hall–Kier alpha value is -0.120. The highest BCUT2D eigenvalue weighted by molar-refractivity contribution is 5.09. The standard InChI is InChI=1S/C24H40O3/c1-23-12-10-17(27-22-5-3-4-14-26-22)15-16(23)6-7-18-19-8-9-21(25)24(19,2)13-11-20(18)23/h16-22,25H,3-15H2,1-2H3/t16-,17+,18+,19+,20+,21+,22+,23-,24-/m0/s1. The van der Waals surface area contributed by atoms with Crippen molar-refractivity contribution in [1.29, 1.82) is 0 Å². The summed E-state index contributed by atoms with van der Waals surface area (Å²) in [6.07, 6.45) is 15.5. The minimum Gasteiger partial charge on any atom is -0.393 e. The highest BCUT2D eigenvalue weighted by Gasteiger charge is 2.60. The van der Waals surface area contributed by atoms with E-state index < -0.39 is 0 Å². The molecule has 1 aliphatic heterocycles. The number of fused-ring (bicyclic) bond motifs is 5. The first-order valence-electron chi connectivity index (χ1n) is 12.0. The van der Waals surface area contributed by atoms with Gasteiger partial charge in [-0.3, -0.25) is 0 Å². The van der Waals surface area contributed by atoms with Crippen molar-refractivity contribution < 1.29 is 14.6 Å². The summed E-state index contributed by atoms with van der Waals surface area (Å²) in [5.41, 5.74) is 0.716. The lowest BCUT2D eigenvalue weighted by atomic mass is 9.45. The highest BCUT2D eigenvalue weighted by Crippen LogP contribution is 2.66. The van der Waals surface area contributed by atoms with Crippen LogP contribution < -0.4 is 0 Å². The Morgan fingerprint density at radius 1 is 0.852 bits per heavy atom. The van der Waals surface area contributed by atoms with Crippen LogP contribution in [0.25, 0.3) is 0 Å². The van der Waals surface area contributed by atoms with Crippen molar-refractivity contribution in [1.82, 2.24) is 0 Å². The van der Waals surface area contributed by atoms with Crippen LogP contribution in [-0.4, -0.2) is 30.2 Å². The Kier molecular flexibility index (Phi) is 4.89. The van der Waals surface area contributed by atoms with Crippen LogP contribution in [0.1, 0.15) is 90.9 Å². The molecule has 1 saturated heterocycles. The summed E-state index contributed by atoms with van der Waals surface area (Å²) in [6.45, 7) is 5.90. The van der Waals surface area contributed by atoms with E-state index in [0.29, 0.717) is 11.5 Å². The van der Waals surface area contributed by atoms with Crippen molar-refractivity contribution >= 4 is 0 Å². The highest BCUT2D eigenvalue weighted by atomic mass is 16.7. The molecule has 0 aromatic carbocycles. The van der Waals surface area contributed by atoms with Crippen LogP contribution >= 0.6 is 0 Å². The van der Waals surface area contributed by atoms with Crippen LogP contribution in [0.4, 0.5) is 0 Å². The summed E-state index contributed by atoms with van der Waals surface area (Å²) in [5, 5.41) is 10.6. The third-order valence-corrected chi connectivity index (χ3v) is 10.0. The molecule has 9 atom stereocenters. The van der Waals surface area contributed by atoms with Crippen molar-refractivity contribution in [2.24, 2.45) is 34.5 Å². The van der Waals surface area contributed by atoms with E-state index in [9.17, 15) is 5.11 Å². The molecule has 0 unspecified atom stereocenters. The van der Waals surface area contributed by atoms with Gasteiger partial charge in [-0.25, -0.2) is 0 Å². The fraction of sp³-hybridized carbons (Fsp3) is 1.00. The molecule has 3 nitrogen and oxygen atoms in total. The summed E-state index contributed by atoms with van der Waals surface area (Å²) in [4.78, 5) is 0. The Morgan fingerprint density at radius 3 is 2.48 bits per heavy atom. The van der Waals surface area contributed by atoms with E-state index in [4.69, 9.17) is 9.47 Å². The van der Waals surface area contributed by atoms with E-state index in [0.717, 1.165) is 43.1 Å². The zero-order valence-corrected chi connectivity index (χ0v) is 17.5. The van der Waals surface area contributed by atoms with Gasteiger partial charge in [0.05, 0.1) is 12.2 Å². The predicted octanol–water partition coefficient (Wildman–Crippen LogP) is 5.30. The maximum Gasteiger partial charge on any atom is 0.157 e. The summed E-state index contributed by atoms with van der Waals surface area (Å²) in [5.74, 6) is 3.35. The summed E-state index contributed by atoms with van der Waals surface area (Å²) in [7, 11) is 0. The van der Waals surface area contributed by atoms with Crippen LogP contribution in [0, 0.1) is 34.5 Å². The molecular formula is C24H40O3. The molecule has 0 radical (unpaired) electrons. The van der Waals surface area contributed by atoms with Gasteiger partial charge in [0.15, 0.2) is 6.29 Å². The molecule has 5 aliphatic rings. The number of rotatable bonds is 2. The normalized spacial score (nSPS) is 55.4. The van der Waals surface area contributed by atoms with Gasteiger partial charge in [-0.15, -0.1) is 0 Å². The lowest BCUT2D eigenvalue weighted by Crippen LogP contribution is -2.54. The second kappa shape index (κ2) is 6.99. The Labute approximate surface area is 165 Å². The summed E-state index contributed by atoms with van der Waals surface area (Å²) in [6, 6.07) is 0. The SMILES string of the molecule is C[C@]12CC[C@@H](O[C@@H]3CCCCO3)C[C@@H]1CC[C@H]1[C@H]2CC[C@]2(C)[C@H](O)CC[C@H]12. The van der Waals surface area contributed by atoms with E-state index in [1.165, 1.54) is 64.2 Å². The number of hydrogen-bond acceptors (Lipinski definition) is 3. The van der Waals surface area contributed by atoms with Crippen molar-refractivity contribution in [2.45, 2.75) is 109 Å².